The molecule has 10 heavy (non-hydrogen) atoms. The van der Waals surface area contributed by atoms with Crippen molar-refractivity contribution < 1.29 is 9.13 Å². The molecule has 0 aromatic heterocycles. The molecule has 0 aromatic rings. The van der Waals surface area contributed by atoms with E-state index in [4.69, 9.17) is 10.5 Å². The minimum absolute atomic E-state index is 0.0537. The van der Waals surface area contributed by atoms with Gasteiger partial charge in [-0.25, -0.2) is 4.39 Å². The quantitative estimate of drug-likeness (QED) is 0.631. The molecule has 0 unspecified atom stereocenters. The van der Waals surface area contributed by atoms with Crippen LogP contribution in [0.1, 0.15) is 13.8 Å². The summed E-state index contributed by atoms with van der Waals surface area (Å²) in [5.41, 5.74) is 5.03. The van der Waals surface area contributed by atoms with Crippen molar-refractivity contribution in [2.45, 2.75) is 20.0 Å². The average molecular weight is 149 g/mol. The van der Waals surface area contributed by atoms with Crippen LogP contribution in [0, 0.1) is 5.92 Å². The predicted molar refractivity (Wildman–Crippen MR) is 39.6 cm³/mol. The lowest BCUT2D eigenvalue weighted by atomic mass is 10.2. The molecule has 0 radical (unpaired) electrons. The standard InChI is InChI=1S/C7H16FNO/c1-6(2)4-10-5-7(8)3-9/h6-7H,3-5,9H2,1-2H3/t7-/m0/s1. The first kappa shape index (κ1) is 9.85. The smallest absolute Gasteiger partial charge is 0.135 e. The summed E-state index contributed by atoms with van der Waals surface area (Å²) >= 11 is 0. The van der Waals surface area contributed by atoms with Gasteiger partial charge in [0.2, 0.25) is 0 Å². The Labute approximate surface area is 61.5 Å². The summed E-state index contributed by atoms with van der Waals surface area (Å²) in [6, 6.07) is 0. The first-order valence-electron chi connectivity index (χ1n) is 3.58. The van der Waals surface area contributed by atoms with Gasteiger partial charge in [0.05, 0.1) is 6.61 Å². The Morgan fingerprint density at radius 2 is 2.00 bits per heavy atom. The van der Waals surface area contributed by atoms with E-state index in [-0.39, 0.29) is 13.2 Å². The summed E-state index contributed by atoms with van der Waals surface area (Å²) in [6.45, 7) is 4.85. The van der Waals surface area contributed by atoms with E-state index >= 15 is 0 Å². The lowest BCUT2D eigenvalue weighted by Gasteiger charge is -2.08. The second kappa shape index (κ2) is 5.62. The van der Waals surface area contributed by atoms with E-state index in [1.807, 2.05) is 13.8 Å². The first-order valence-corrected chi connectivity index (χ1v) is 3.58. The van der Waals surface area contributed by atoms with Gasteiger partial charge in [0, 0.05) is 13.2 Å². The van der Waals surface area contributed by atoms with Gasteiger partial charge in [-0.1, -0.05) is 13.8 Å². The normalized spacial score (nSPS) is 14.1. The van der Waals surface area contributed by atoms with Gasteiger partial charge in [-0.15, -0.1) is 0 Å². The third-order valence-electron chi connectivity index (χ3n) is 1.01. The van der Waals surface area contributed by atoms with Gasteiger partial charge < -0.3 is 10.5 Å². The van der Waals surface area contributed by atoms with E-state index in [9.17, 15) is 4.39 Å². The molecule has 1 atom stereocenters. The fourth-order valence-electron chi connectivity index (χ4n) is 0.500. The monoisotopic (exact) mass is 149 g/mol. The molecule has 2 N–H and O–H groups in total. The molecule has 0 saturated heterocycles. The molecule has 2 nitrogen and oxygen atoms in total. The van der Waals surface area contributed by atoms with Crippen molar-refractivity contribution in [2.24, 2.45) is 11.7 Å². The highest BCUT2D eigenvalue weighted by Gasteiger charge is 2.02. The van der Waals surface area contributed by atoms with Gasteiger partial charge in [-0.3, -0.25) is 0 Å². The molecule has 0 heterocycles. The third kappa shape index (κ3) is 5.98. The number of alkyl halides is 1. The van der Waals surface area contributed by atoms with Crippen LogP contribution in [-0.2, 0) is 4.74 Å². The molecule has 0 aliphatic rings. The highest BCUT2D eigenvalue weighted by molar-refractivity contribution is 4.53. The molecule has 0 spiro atoms. The summed E-state index contributed by atoms with van der Waals surface area (Å²) in [5, 5.41) is 0. The van der Waals surface area contributed by atoms with Crippen LogP contribution in [-0.4, -0.2) is 25.9 Å². The van der Waals surface area contributed by atoms with Crippen LogP contribution in [0.15, 0.2) is 0 Å². The van der Waals surface area contributed by atoms with E-state index in [1.54, 1.807) is 0 Å². The summed E-state index contributed by atoms with van der Waals surface area (Å²) in [4.78, 5) is 0. The van der Waals surface area contributed by atoms with Crippen molar-refractivity contribution in [1.29, 1.82) is 0 Å². The van der Waals surface area contributed by atoms with Gasteiger partial charge in [-0.05, 0) is 5.92 Å². The lowest BCUT2D eigenvalue weighted by molar-refractivity contribution is 0.0668. The van der Waals surface area contributed by atoms with Crippen LogP contribution in [0.3, 0.4) is 0 Å². The fourth-order valence-corrected chi connectivity index (χ4v) is 0.500. The molecule has 0 aliphatic heterocycles. The summed E-state index contributed by atoms with van der Waals surface area (Å²) < 4.78 is 17.3. The summed E-state index contributed by atoms with van der Waals surface area (Å²) in [7, 11) is 0. The van der Waals surface area contributed by atoms with Crippen LogP contribution in [0.25, 0.3) is 0 Å². The Bertz CT molecular complexity index is 78.0. The fraction of sp³-hybridized carbons (Fsp3) is 1.00. The average Bonchev–Trinajstić information content (AvgIpc) is 1.87. The van der Waals surface area contributed by atoms with Crippen molar-refractivity contribution in [2.75, 3.05) is 19.8 Å². The van der Waals surface area contributed by atoms with Crippen molar-refractivity contribution >= 4 is 0 Å². The maximum absolute atomic E-state index is 12.3. The van der Waals surface area contributed by atoms with E-state index in [0.29, 0.717) is 12.5 Å². The van der Waals surface area contributed by atoms with Crippen LogP contribution < -0.4 is 5.73 Å². The highest BCUT2D eigenvalue weighted by atomic mass is 19.1. The number of rotatable bonds is 5. The third-order valence-corrected chi connectivity index (χ3v) is 1.01. The topological polar surface area (TPSA) is 35.2 Å². The van der Waals surface area contributed by atoms with E-state index < -0.39 is 6.17 Å². The number of halogens is 1. The van der Waals surface area contributed by atoms with Gasteiger partial charge in [0.1, 0.15) is 6.17 Å². The summed E-state index contributed by atoms with van der Waals surface area (Å²) in [6.07, 6.45) is -1.00. The second-order valence-electron chi connectivity index (χ2n) is 2.76. The Balaban J connectivity index is 3.03. The van der Waals surface area contributed by atoms with Crippen LogP contribution in [0.2, 0.25) is 0 Å². The van der Waals surface area contributed by atoms with E-state index in [2.05, 4.69) is 0 Å². The van der Waals surface area contributed by atoms with Crippen LogP contribution in [0.5, 0.6) is 0 Å². The maximum atomic E-state index is 12.3. The lowest BCUT2D eigenvalue weighted by Crippen LogP contribution is -2.21. The SMILES string of the molecule is CC(C)COC[C@@H](F)CN. The molecule has 62 valence electrons. The first-order chi connectivity index (χ1) is 4.66. The minimum atomic E-state index is -1.00. The van der Waals surface area contributed by atoms with Gasteiger partial charge >= 0.3 is 0 Å². The van der Waals surface area contributed by atoms with Gasteiger partial charge in [0.15, 0.2) is 0 Å². The highest BCUT2D eigenvalue weighted by Crippen LogP contribution is 1.95. The number of ether oxygens (including phenoxy) is 1. The number of hydrogen-bond donors (Lipinski definition) is 1. The molecular weight excluding hydrogens is 133 g/mol. The van der Waals surface area contributed by atoms with Crippen LogP contribution in [0.4, 0.5) is 4.39 Å². The molecule has 0 bridgehead atoms. The van der Waals surface area contributed by atoms with Crippen molar-refractivity contribution in [3.63, 3.8) is 0 Å². The molecule has 0 aromatic carbocycles. The molecule has 0 aliphatic carbocycles. The minimum Gasteiger partial charge on any atom is -0.378 e. The zero-order chi connectivity index (χ0) is 7.98. The molecule has 0 amide bonds. The molecule has 0 saturated carbocycles. The van der Waals surface area contributed by atoms with Gasteiger partial charge in [-0.2, -0.15) is 0 Å². The zero-order valence-corrected chi connectivity index (χ0v) is 6.64. The van der Waals surface area contributed by atoms with Gasteiger partial charge in [0.25, 0.3) is 0 Å². The van der Waals surface area contributed by atoms with Crippen molar-refractivity contribution in [3.8, 4) is 0 Å². The number of nitrogens with two attached hydrogens (primary N) is 1. The Morgan fingerprint density at radius 3 is 2.40 bits per heavy atom. The maximum Gasteiger partial charge on any atom is 0.135 e. The summed E-state index contributed by atoms with van der Waals surface area (Å²) in [5.74, 6) is 0.463. The van der Waals surface area contributed by atoms with E-state index in [0.717, 1.165) is 0 Å². The van der Waals surface area contributed by atoms with E-state index in [1.165, 1.54) is 0 Å². The van der Waals surface area contributed by atoms with Crippen LogP contribution >= 0.6 is 0 Å². The number of hydrogen-bond acceptors (Lipinski definition) is 2. The largest absolute Gasteiger partial charge is 0.378 e. The molecule has 0 rings (SSSR count). The Morgan fingerprint density at radius 1 is 1.40 bits per heavy atom. The molecular formula is C7H16FNO. The second-order valence-corrected chi connectivity index (χ2v) is 2.76. The Hall–Kier alpha value is -0.150. The van der Waals surface area contributed by atoms with Crippen molar-refractivity contribution in [3.05, 3.63) is 0 Å². The van der Waals surface area contributed by atoms with Crippen molar-refractivity contribution in [1.82, 2.24) is 0 Å². The molecule has 0 fully saturated rings. The molecule has 3 heteroatoms. The Kier molecular flexibility index (Phi) is 5.54. The predicted octanol–water partition coefficient (Wildman–Crippen LogP) is 0.956. The zero-order valence-electron chi connectivity index (χ0n) is 6.64.